The molecule has 0 amide bonds. The van der Waals surface area contributed by atoms with Gasteiger partial charge in [0.25, 0.3) is 0 Å². The topological polar surface area (TPSA) is 62.5 Å². The van der Waals surface area contributed by atoms with Gasteiger partial charge in [0.05, 0.1) is 31.3 Å². The van der Waals surface area contributed by atoms with Crippen LogP contribution in [0.25, 0.3) is 0 Å². The average molecular weight is 263 g/mol. The van der Waals surface area contributed by atoms with Gasteiger partial charge in [0.2, 0.25) is 0 Å². The van der Waals surface area contributed by atoms with Crippen molar-refractivity contribution in [3.05, 3.63) is 23.8 Å². The predicted molar refractivity (Wildman–Crippen MR) is 73.3 cm³/mol. The van der Waals surface area contributed by atoms with Crippen LogP contribution in [0, 0.1) is 16.7 Å². The number of nitriles is 1. The molecular formula is C15H21NO3. The van der Waals surface area contributed by atoms with Crippen LogP contribution < -0.4 is 9.47 Å². The molecule has 0 saturated carbocycles. The normalized spacial score (nSPS) is 14.4. The van der Waals surface area contributed by atoms with Gasteiger partial charge < -0.3 is 14.6 Å². The predicted octanol–water partition coefficient (Wildman–Crippen LogP) is 2.55. The van der Waals surface area contributed by atoms with Crippen LogP contribution in [0.2, 0.25) is 0 Å². The molecule has 0 aliphatic heterocycles. The van der Waals surface area contributed by atoms with E-state index in [1.807, 2.05) is 12.1 Å². The van der Waals surface area contributed by atoms with E-state index in [0.29, 0.717) is 17.9 Å². The maximum absolute atomic E-state index is 10.5. The van der Waals surface area contributed by atoms with Gasteiger partial charge in [-0.1, -0.05) is 6.07 Å². The molecule has 19 heavy (non-hydrogen) atoms. The van der Waals surface area contributed by atoms with Gasteiger partial charge in [-0.15, -0.1) is 0 Å². The molecule has 1 atom stereocenters. The molecule has 1 aromatic carbocycles. The summed E-state index contributed by atoms with van der Waals surface area (Å²) in [6.07, 6.45) is 0.369. The summed E-state index contributed by atoms with van der Waals surface area (Å²) in [4.78, 5) is 0. The Hall–Kier alpha value is -1.73. The summed E-state index contributed by atoms with van der Waals surface area (Å²) in [5.74, 6) is 1.26. The zero-order valence-electron chi connectivity index (χ0n) is 12.2. The quantitative estimate of drug-likeness (QED) is 0.886. The molecule has 4 nitrogen and oxygen atoms in total. The summed E-state index contributed by atoms with van der Waals surface area (Å²) in [6, 6.07) is 7.63. The van der Waals surface area contributed by atoms with Gasteiger partial charge in [-0.3, -0.25) is 0 Å². The number of rotatable bonds is 5. The minimum Gasteiger partial charge on any atom is -0.493 e. The molecule has 1 unspecified atom stereocenters. The molecular weight excluding hydrogens is 242 g/mol. The minimum atomic E-state index is -1.12. The first-order chi connectivity index (χ1) is 8.77. The highest BCUT2D eigenvalue weighted by atomic mass is 16.5. The highest BCUT2D eigenvalue weighted by Crippen LogP contribution is 2.35. The van der Waals surface area contributed by atoms with E-state index in [4.69, 9.17) is 14.7 Å². The SMILES string of the molecule is COc1ccc(CC(C)(O)C(C)(C)C#N)cc1OC. The Kier molecular flexibility index (Phi) is 4.43. The minimum absolute atomic E-state index is 0.369. The lowest BCUT2D eigenvalue weighted by Gasteiger charge is -2.34. The van der Waals surface area contributed by atoms with Crippen LogP contribution in [-0.2, 0) is 6.42 Å². The van der Waals surface area contributed by atoms with Gasteiger partial charge in [0, 0.05) is 6.42 Å². The van der Waals surface area contributed by atoms with Gasteiger partial charge in [-0.2, -0.15) is 5.26 Å². The molecule has 0 heterocycles. The molecule has 4 heteroatoms. The Morgan fingerprint density at radius 2 is 1.74 bits per heavy atom. The van der Waals surface area contributed by atoms with Crippen molar-refractivity contribution in [2.75, 3.05) is 14.2 Å². The molecule has 0 radical (unpaired) electrons. The molecule has 0 fully saturated rings. The van der Waals surface area contributed by atoms with Crippen LogP contribution >= 0.6 is 0 Å². The van der Waals surface area contributed by atoms with E-state index < -0.39 is 11.0 Å². The van der Waals surface area contributed by atoms with Crippen molar-refractivity contribution in [1.82, 2.24) is 0 Å². The molecule has 0 saturated heterocycles. The summed E-state index contributed by atoms with van der Waals surface area (Å²) in [6.45, 7) is 5.13. The van der Waals surface area contributed by atoms with Gasteiger partial charge in [0.15, 0.2) is 11.5 Å². The number of hydrogen-bond donors (Lipinski definition) is 1. The summed E-state index contributed by atoms with van der Waals surface area (Å²) >= 11 is 0. The van der Waals surface area contributed by atoms with Crippen molar-refractivity contribution in [3.8, 4) is 17.6 Å². The van der Waals surface area contributed by atoms with Crippen LogP contribution in [0.5, 0.6) is 11.5 Å². The van der Waals surface area contributed by atoms with E-state index in [1.54, 1.807) is 41.1 Å². The van der Waals surface area contributed by atoms with E-state index in [9.17, 15) is 5.11 Å². The molecule has 0 bridgehead atoms. The zero-order valence-corrected chi connectivity index (χ0v) is 12.2. The molecule has 1 rings (SSSR count). The van der Waals surface area contributed by atoms with Gasteiger partial charge in [-0.05, 0) is 38.5 Å². The Bertz CT molecular complexity index is 487. The first-order valence-corrected chi connectivity index (χ1v) is 6.12. The van der Waals surface area contributed by atoms with E-state index in [0.717, 1.165) is 5.56 Å². The van der Waals surface area contributed by atoms with Gasteiger partial charge in [-0.25, -0.2) is 0 Å². The maximum atomic E-state index is 10.5. The Morgan fingerprint density at radius 1 is 1.16 bits per heavy atom. The van der Waals surface area contributed by atoms with Crippen LogP contribution in [0.1, 0.15) is 26.3 Å². The van der Waals surface area contributed by atoms with Crippen molar-refractivity contribution < 1.29 is 14.6 Å². The second kappa shape index (κ2) is 5.50. The third kappa shape index (κ3) is 3.18. The van der Waals surface area contributed by atoms with Crippen LogP contribution in [0.4, 0.5) is 0 Å². The van der Waals surface area contributed by atoms with Crippen LogP contribution in [0.3, 0.4) is 0 Å². The molecule has 0 aliphatic rings. The lowest BCUT2D eigenvalue weighted by atomic mass is 9.74. The zero-order chi connectivity index (χ0) is 14.7. The first kappa shape index (κ1) is 15.3. The number of hydrogen-bond acceptors (Lipinski definition) is 4. The third-order valence-electron chi connectivity index (χ3n) is 3.62. The summed E-state index contributed by atoms with van der Waals surface area (Å²) in [7, 11) is 3.14. The van der Waals surface area contributed by atoms with Crippen molar-refractivity contribution >= 4 is 0 Å². The molecule has 0 aromatic heterocycles. The Labute approximate surface area is 114 Å². The van der Waals surface area contributed by atoms with Crippen molar-refractivity contribution in [1.29, 1.82) is 5.26 Å². The molecule has 0 aliphatic carbocycles. The second-order valence-corrected chi connectivity index (χ2v) is 5.38. The Balaban J connectivity index is 3.04. The standard InChI is InChI=1S/C15H21NO3/c1-14(2,10-16)15(3,17)9-11-6-7-12(18-4)13(8-11)19-5/h6-8,17H,9H2,1-5H3. The average Bonchev–Trinajstić information content (AvgIpc) is 2.37. The van der Waals surface area contributed by atoms with Gasteiger partial charge in [0.1, 0.15) is 0 Å². The summed E-state index contributed by atoms with van der Waals surface area (Å²) in [5.41, 5.74) is -1.06. The number of methoxy groups -OCH3 is 2. The number of ether oxygens (including phenoxy) is 2. The fourth-order valence-corrected chi connectivity index (χ4v) is 1.73. The third-order valence-corrected chi connectivity index (χ3v) is 3.62. The fraction of sp³-hybridized carbons (Fsp3) is 0.533. The van der Waals surface area contributed by atoms with E-state index >= 15 is 0 Å². The molecule has 1 aromatic rings. The Morgan fingerprint density at radius 3 is 2.21 bits per heavy atom. The first-order valence-electron chi connectivity index (χ1n) is 6.12. The highest BCUT2D eigenvalue weighted by molar-refractivity contribution is 5.43. The van der Waals surface area contributed by atoms with Crippen molar-refractivity contribution in [2.24, 2.45) is 5.41 Å². The van der Waals surface area contributed by atoms with E-state index in [1.165, 1.54) is 0 Å². The number of aliphatic hydroxyl groups is 1. The van der Waals surface area contributed by atoms with Crippen molar-refractivity contribution in [2.45, 2.75) is 32.8 Å². The lowest BCUT2D eigenvalue weighted by molar-refractivity contribution is -0.0207. The fourth-order valence-electron chi connectivity index (χ4n) is 1.73. The monoisotopic (exact) mass is 263 g/mol. The summed E-state index contributed by atoms with van der Waals surface area (Å²) in [5, 5.41) is 19.6. The van der Waals surface area contributed by atoms with Crippen molar-refractivity contribution in [3.63, 3.8) is 0 Å². The molecule has 1 N–H and O–H groups in total. The summed E-state index contributed by atoms with van der Waals surface area (Å²) < 4.78 is 10.4. The molecule has 0 spiro atoms. The highest BCUT2D eigenvalue weighted by Gasteiger charge is 2.39. The van der Waals surface area contributed by atoms with Crippen LogP contribution in [-0.4, -0.2) is 24.9 Å². The van der Waals surface area contributed by atoms with Gasteiger partial charge >= 0.3 is 0 Å². The lowest BCUT2D eigenvalue weighted by Crippen LogP contribution is -2.42. The second-order valence-electron chi connectivity index (χ2n) is 5.38. The largest absolute Gasteiger partial charge is 0.493 e. The molecule has 104 valence electrons. The number of nitrogens with zero attached hydrogens (tertiary/aromatic N) is 1. The number of benzene rings is 1. The smallest absolute Gasteiger partial charge is 0.160 e. The maximum Gasteiger partial charge on any atom is 0.160 e. The van der Waals surface area contributed by atoms with E-state index in [2.05, 4.69) is 6.07 Å². The van der Waals surface area contributed by atoms with Crippen LogP contribution in [0.15, 0.2) is 18.2 Å². The van der Waals surface area contributed by atoms with E-state index in [-0.39, 0.29) is 0 Å².